The maximum absolute atomic E-state index is 12.7. The van der Waals surface area contributed by atoms with Crippen LogP contribution in [0.4, 0.5) is 0 Å². The van der Waals surface area contributed by atoms with Gasteiger partial charge in [0, 0.05) is 24.7 Å². The summed E-state index contributed by atoms with van der Waals surface area (Å²) in [6.45, 7) is 22.8. The zero-order valence-electron chi connectivity index (χ0n) is 22.9. The second kappa shape index (κ2) is 15.3. The van der Waals surface area contributed by atoms with Crippen molar-refractivity contribution in [1.29, 1.82) is 0 Å². The Morgan fingerprint density at radius 2 is 1.19 bits per heavy atom. The van der Waals surface area contributed by atoms with Crippen LogP contribution in [-0.2, 0) is 4.79 Å². The number of hydrogen-bond donors (Lipinski definition) is 1. The molecule has 5 rings (SSSR count). The molecule has 4 nitrogen and oxygen atoms in total. The Morgan fingerprint density at radius 1 is 0.774 bits per heavy atom. The molecular weight excluding hydrogens is 382 g/mol. The van der Waals surface area contributed by atoms with Crippen molar-refractivity contribution in [2.45, 2.75) is 125 Å². The molecule has 186 valence electrons. The minimum Gasteiger partial charge on any atom is -0.350 e. The fourth-order valence-corrected chi connectivity index (χ4v) is 5.26. The van der Waals surface area contributed by atoms with Crippen LogP contribution in [0.5, 0.6) is 0 Å². The Kier molecular flexibility index (Phi) is 15.0. The molecule has 0 unspecified atom stereocenters. The van der Waals surface area contributed by atoms with Gasteiger partial charge >= 0.3 is 0 Å². The molecule has 3 saturated carbocycles. The molecule has 0 atom stereocenters. The molecule has 1 amide bonds. The summed E-state index contributed by atoms with van der Waals surface area (Å²) in [5.74, 6) is 0.596. The van der Waals surface area contributed by atoms with Crippen LogP contribution in [0.2, 0.25) is 0 Å². The van der Waals surface area contributed by atoms with Gasteiger partial charge in [0.15, 0.2) is 0 Å². The van der Waals surface area contributed by atoms with E-state index in [0.29, 0.717) is 11.3 Å². The average molecular weight is 440 g/mol. The van der Waals surface area contributed by atoms with Crippen molar-refractivity contribution in [3.63, 3.8) is 0 Å². The van der Waals surface area contributed by atoms with Gasteiger partial charge in [-0.3, -0.25) is 9.69 Å². The molecule has 0 aromatic heterocycles. The average Bonchev–Trinajstić information content (AvgIpc) is 2.81. The fraction of sp³-hybridized carbons (Fsp3) is 0.963. The Bertz CT molecular complexity index is 441. The highest BCUT2D eigenvalue weighted by Gasteiger charge is 2.48. The first-order valence-corrected chi connectivity index (χ1v) is 13.7. The van der Waals surface area contributed by atoms with E-state index in [1.54, 1.807) is 0 Å². The van der Waals surface area contributed by atoms with Crippen molar-refractivity contribution in [2.75, 3.05) is 33.2 Å². The van der Waals surface area contributed by atoms with Crippen molar-refractivity contribution in [3.05, 3.63) is 0 Å². The van der Waals surface area contributed by atoms with Crippen LogP contribution < -0.4 is 5.32 Å². The number of likely N-dealkylation sites (tertiary alicyclic amines) is 2. The monoisotopic (exact) mass is 439 g/mol. The van der Waals surface area contributed by atoms with E-state index in [1.807, 2.05) is 55.4 Å². The summed E-state index contributed by atoms with van der Waals surface area (Å²) in [4.78, 5) is 17.7. The number of nitrogens with zero attached hydrogens (tertiary/aromatic N) is 2. The minimum atomic E-state index is 0.156. The second-order valence-corrected chi connectivity index (χ2v) is 9.27. The number of rotatable bonds is 3. The lowest BCUT2D eigenvalue weighted by molar-refractivity contribution is -0.136. The molecule has 5 aliphatic rings. The molecule has 2 saturated heterocycles. The highest BCUT2D eigenvalue weighted by molar-refractivity contribution is 5.81. The summed E-state index contributed by atoms with van der Waals surface area (Å²) in [5, 5.41) is 3.50. The predicted octanol–water partition coefficient (Wildman–Crippen LogP) is 6.35. The van der Waals surface area contributed by atoms with E-state index in [2.05, 4.69) is 29.1 Å². The van der Waals surface area contributed by atoms with Crippen LogP contribution in [0.15, 0.2) is 0 Å². The van der Waals surface area contributed by atoms with Gasteiger partial charge in [0.1, 0.15) is 0 Å². The van der Waals surface area contributed by atoms with E-state index >= 15 is 0 Å². The lowest BCUT2D eigenvalue weighted by Crippen LogP contribution is -2.63. The molecule has 0 radical (unpaired) electrons. The SMILES string of the molecule is CC.CC.CC.CC.CN1CCC(N2CC(C(=O)NC34CCC(C)(CC3)CC4)C2)CC1. The van der Waals surface area contributed by atoms with Gasteiger partial charge in [0.2, 0.25) is 5.91 Å². The summed E-state index contributed by atoms with van der Waals surface area (Å²) in [7, 11) is 2.21. The van der Waals surface area contributed by atoms with E-state index in [4.69, 9.17) is 0 Å². The Balaban J connectivity index is 0.00000102. The molecule has 4 heteroatoms. The van der Waals surface area contributed by atoms with Crippen molar-refractivity contribution < 1.29 is 4.79 Å². The first kappa shape index (κ1) is 30.4. The lowest BCUT2D eigenvalue weighted by Gasteiger charge is -2.53. The smallest absolute Gasteiger partial charge is 0.226 e. The maximum atomic E-state index is 12.7. The Hall–Kier alpha value is -0.610. The van der Waals surface area contributed by atoms with Gasteiger partial charge in [-0.25, -0.2) is 0 Å². The Labute approximate surface area is 195 Å². The van der Waals surface area contributed by atoms with Gasteiger partial charge < -0.3 is 10.2 Å². The summed E-state index contributed by atoms with van der Waals surface area (Å²) in [5.41, 5.74) is 0.733. The quantitative estimate of drug-likeness (QED) is 0.557. The van der Waals surface area contributed by atoms with Crippen molar-refractivity contribution in [1.82, 2.24) is 15.1 Å². The van der Waals surface area contributed by atoms with Crippen LogP contribution in [0.1, 0.15) is 114 Å². The maximum Gasteiger partial charge on any atom is 0.226 e. The molecule has 0 aromatic rings. The molecule has 5 fully saturated rings. The highest BCUT2D eigenvalue weighted by Crippen LogP contribution is 2.52. The second-order valence-electron chi connectivity index (χ2n) is 9.27. The van der Waals surface area contributed by atoms with Crippen molar-refractivity contribution in [2.24, 2.45) is 11.3 Å². The third-order valence-corrected chi connectivity index (χ3v) is 7.49. The van der Waals surface area contributed by atoms with Gasteiger partial charge in [0.05, 0.1) is 5.92 Å². The summed E-state index contributed by atoms with van der Waals surface area (Å²) < 4.78 is 0. The number of hydrogen-bond acceptors (Lipinski definition) is 3. The zero-order chi connectivity index (χ0) is 24.1. The van der Waals surface area contributed by atoms with Crippen LogP contribution in [-0.4, -0.2) is 60.5 Å². The zero-order valence-corrected chi connectivity index (χ0v) is 22.9. The van der Waals surface area contributed by atoms with Gasteiger partial charge in [0.25, 0.3) is 0 Å². The highest BCUT2D eigenvalue weighted by atomic mass is 16.2. The predicted molar refractivity (Wildman–Crippen MR) is 138 cm³/mol. The fourth-order valence-electron chi connectivity index (χ4n) is 5.26. The molecule has 2 heterocycles. The molecule has 1 N–H and O–H groups in total. The first-order valence-electron chi connectivity index (χ1n) is 13.7. The molecular formula is C27H57N3O. The standard InChI is InChI=1S/C19H33N3O.4C2H6/c1-18-5-8-19(9-6-18,10-7-18)20-17(23)15-13-22(14-15)16-3-11-21(2)12-4-16;4*1-2/h15-16H,3-14H2,1-2H3,(H,20,23);4*1-2H3. The normalized spacial score (nSPS) is 30.5. The molecule has 2 aliphatic heterocycles. The number of piperidine rings is 1. The summed E-state index contributed by atoms with van der Waals surface area (Å²) in [6, 6.07) is 0.721. The first-order chi connectivity index (χ1) is 15.0. The molecule has 3 aliphatic carbocycles. The van der Waals surface area contributed by atoms with Gasteiger partial charge in [-0.1, -0.05) is 62.3 Å². The summed E-state index contributed by atoms with van der Waals surface area (Å²) >= 11 is 0. The van der Waals surface area contributed by atoms with E-state index in [0.717, 1.165) is 19.1 Å². The van der Waals surface area contributed by atoms with Crippen LogP contribution in [0.25, 0.3) is 0 Å². The number of carbonyl (C=O) groups excluding carboxylic acids is 1. The lowest BCUT2D eigenvalue weighted by atomic mass is 9.58. The molecule has 31 heavy (non-hydrogen) atoms. The number of nitrogens with one attached hydrogen (secondary N) is 1. The molecule has 0 aromatic carbocycles. The van der Waals surface area contributed by atoms with E-state index in [1.165, 1.54) is 64.5 Å². The third-order valence-electron chi connectivity index (χ3n) is 7.49. The third kappa shape index (κ3) is 8.35. The van der Waals surface area contributed by atoms with Gasteiger partial charge in [-0.2, -0.15) is 0 Å². The van der Waals surface area contributed by atoms with E-state index < -0.39 is 0 Å². The van der Waals surface area contributed by atoms with E-state index in [9.17, 15) is 4.79 Å². The molecule has 0 spiro atoms. The molecule has 2 bridgehead atoms. The number of amides is 1. The van der Waals surface area contributed by atoms with Gasteiger partial charge in [-0.05, 0) is 76.9 Å². The van der Waals surface area contributed by atoms with Gasteiger partial charge in [-0.15, -0.1) is 0 Å². The number of carbonyl (C=O) groups is 1. The van der Waals surface area contributed by atoms with Crippen molar-refractivity contribution in [3.8, 4) is 0 Å². The van der Waals surface area contributed by atoms with Crippen LogP contribution in [0.3, 0.4) is 0 Å². The summed E-state index contributed by atoms with van der Waals surface area (Å²) in [6.07, 6.45) is 10.1. The topological polar surface area (TPSA) is 35.6 Å². The van der Waals surface area contributed by atoms with E-state index in [-0.39, 0.29) is 11.5 Å². The minimum absolute atomic E-state index is 0.156. The largest absolute Gasteiger partial charge is 0.350 e. The number of fused-ring (bicyclic) bond motifs is 3. The van der Waals surface area contributed by atoms with Crippen LogP contribution >= 0.6 is 0 Å². The van der Waals surface area contributed by atoms with Crippen LogP contribution in [0, 0.1) is 11.3 Å². The van der Waals surface area contributed by atoms with Crippen molar-refractivity contribution >= 4 is 5.91 Å². The Morgan fingerprint density at radius 3 is 1.61 bits per heavy atom.